The molecule has 0 spiro atoms. The number of hydrogen-bond acceptors (Lipinski definition) is 1. The van der Waals surface area contributed by atoms with Crippen molar-refractivity contribution in [2.45, 2.75) is 6.92 Å². The van der Waals surface area contributed by atoms with Gasteiger partial charge in [-0.3, -0.25) is 4.79 Å². The summed E-state index contributed by atoms with van der Waals surface area (Å²) in [6.45, 7) is 1.96. The third-order valence-corrected chi connectivity index (χ3v) is 2.38. The molecule has 0 saturated carbocycles. The van der Waals surface area contributed by atoms with Gasteiger partial charge in [-0.05, 0) is 24.1 Å². The van der Waals surface area contributed by atoms with Crippen LogP contribution in [0.2, 0.25) is 0 Å². The molecule has 0 saturated heterocycles. The third kappa shape index (κ3) is 2.34. The van der Waals surface area contributed by atoms with Crippen LogP contribution in [0.15, 0.2) is 22.7 Å². The fraction of sp³-hybridized carbons (Fsp3) is 0.111. The molecule has 1 radical (unpaired) electrons. The Morgan fingerprint density at radius 1 is 1.58 bits per heavy atom. The average Bonchev–Trinajstić information content (AvgIpc) is 1.96. The summed E-state index contributed by atoms with van der Waals surface area (Å²) in [6, 6.07) is 5.63. The molecule has 12 heavy (non-hydrogen) atoms. The Kier molecular flexibility index (Phi) is 2.87. The van der Waals surface area contributed by atoms with E-state index in [4.69, 9.17) is 5.73 Å². The molecular formula is C9H9BrNO. The lowest BCUT2D eigenvalue weighted by molar-refractivity contribution is -0.114. The summed E-state index contributed by atoms with van der Waals surface area (Å²) in [5.74, 6) is -0.420. The van der Waals surface area contributed by atoms with Gasteiger partial charge in [0.25, 0.3) is 0 Å². The second kappa shape index (κ2) is 3.72. The lowest BCUT2D eigenvalue weighted by atomic mass is 10.1. The second-order valence-corrected chi connectivity index (χ2v) is 3.41. The number of carbonyl (C=O) groups excluding carboxylic acids is 1. The zero-order chi connectivity index (χ0) is 9.14. The first kappa shape index (κ1) is 9.26. The standard InChI is InChI=1S/C9H9BrNO/c1-6-4-7(5-9(11)12)2-3-8(6)10/h2-5H,1H3,(H2,11,12). The zero-order valence-corrected chi connectivity index (χ0v) is 8.26. The zero-order valence-electron chi connectivity index (χ0n) is 6.67. The van der Waals surface area contributed by atoms with Gasteiger partial charge in [-0.2, -0.15) is 0 Å². The molecule has 1 rings (SSSR count). The molecule has 0 aliphatic heterocycles. The molecule has 0 unspecified atom stereocenters. The molecule has 0 aliphatic carbocycles. The predicted octanol–water partition coefficient (Wildman–Crippen LogP) is 1.80. The molecule has 0 aliphatic rings. The van der Waals surface area contributed by atoms with Crippen LogP contribution in [0.3, 0.4) is 0 Å². The minimum Gasteiger partial charge on any atom is -0.369 e. The van der Waals surface area contributed by atoms with Crippen LogP contribution in [0.5, 0.6) is 0 Å². The molecular weight excluding hydrogens is 218 g/mol. The van der Waals surface area contributed by atoms with Gasteiger partial charge in [0.1, 0.15) is 0 Å². The maximum atomic E-state index is 10.5. The Morgan fingerprint density at radius 3 is 2.75 bits per heavy atom. The van der Waals surface area contributed by atoms with Crippen LogP contribution in [-0.2, 0) is 4.79 Å². The van der Waals surface area contributed by atoms with Crippen LogP contribution in [0.1, 0.15) is 11.1 Å². The van der Waals surface area contributed by atoms with E-state index in [1.54, 1.807) is 0 Å². The minimum absolute atomic E-state index is 0.420. The highest BCUT2D eigenvalue weighted by Crippen LogP contribution is 2.17. The number of nitrogens with two attached hydrogens (primary N) is 1. The van der Waals surface area contributed by atoms with E-state index >= 15 is 0 Å². The van der Waals surface area contributed by atoms with Crippen molar-refractivity contribution < 1.29 is 4.79 Å². The Bertz CT molecular complexity index is 309. The highest BCUT2D eigenvalue weighted by atomic mass is 79.9. The van der Waals surface area contributed by atoms with Crippen LogP contribution >= 0.6 is 15.9 Å². The molecule has 0 fully saturated rings. The number of benzene rings is 1. The smallest absolute Gasteiger partial charge is 0.226 e. The van der Waals surface area contributed by atoms with Crippen LogP contribution in [0, 0.1) is 13.3 Å². The van der Waals surface area contributed by atoms with Gasteiger partial charge in [-0.1, -0.05) is 28.1 Å². The van der Waals surface area contributed by atoms with Crippen LogP contribution < -0.4 is 5.73 Å². The number of amides is 1. The molecule has 2 N–H and O–H groups in total. The normalized spacial score (nSPS) is 9.83. The largest absolute Gasteiger partial charge is 0.369 e. The molecule has 0 aromatic heterocycles. The van der Waals surface area contributed by atoms with E-state index in [9.17, 15) is 4.79 Å². The maximum Gasteiger partial charge on any atom is 0.226 e. The van der Waals surface area contributed by atoms with Gasteiger partial charge in [0, 0.05) is 4.47 Å². The van der Waals surface area contributed by atoms with Crippen LogP contribution in [0.25, 0.3) is 0 Å². The van der Waals surface area contributed by atoms with Crippen molar-refractivity contribution in [1.82, 2.24) is 0 Å². The highest BCUT2D eigenvalue weighted by molar-refractivity contribution is 9.10. The second-order valence-electron chi connectivity index (χ2n) is 2.56. The molecule has 2 nitrogen and oxygen atoms in total. The molecule has 3 heteroatoms. The average molecular weight is 227 g/mol. The first-order valence-corrected chi connectivity index (χ1v) is 4.29. The number of halogens is 1. The number of hydrogen-bond donors (Lipinski definition) is 1. The van der Waals surface area contributed by atoms with E-state index in [-0.39, 0.29) is 0 Å². The van der Waals surface area contributed by atoms with Crippen molar-refractivity contribution in [3.63, 3.8) is 0 Å². The molecule has 1 aromatic carbocycles. The van der Waals surface area contributed by atoms with E-state index in [0.717, 1.165) is 15.6 Å². The summed E-state index contributed by atoms with van der Waals surface area (Å²) in [5.41, 5.74) is 6.93. The molecule has 0 atom stereocenters. The fourth-order valence-electron chi connectivity index (χ4n) is 0.922. The van der Waals surface area contributed by atoms with Crippen molar-refractivity contribution in [2.24, 2.45) is 5.73 Å². The predicted molar refractivity (Wildman–Crippen MR) is 51.5 cm³/mol. The topological polar surface area (TPSA) is 43.1 Å². The molecule has 63 valence electrons. The maximum absolute atomic E-state index is 10.5. The first-order valence-electron chi connectivity index (χ1n) is 3.50. The van der Waals surface area contributed by atoms with E-state index in [1.807, 2.05) is 25.1 Å². The van der Waals surface area contributed by atoms with E-state index in [0.29, 0.717) is 0 Å². The van der Waals surface area contributed by atoms with Crippen molar-refractivity contribution >= 4 is 21.8 Å². The highest BCUT2D eigenvalue weighted by Gasteiger charge is 2.00. The molecule has 1 amide bonds. The number of carbonyl (C=O) groups is 1. The van der Waals surface area contributed by atoms with Crippen LogP contribution in [-0.4, -0.2) is 5.91 Å². The van der Waals surface area contributed by atoms with Crippen molar-refractivity contribution in [2.75, 3.05) is 0 Å². The number of aryl methyl sites for hydroxylation is 1. The fourth-order valence-corrected chi connectivity index (χ4v) is 1.17. The van der Waals surface area contributed by atoms with E-state index in [1.165, 1.54) is 6.42 Å². The van der Waals surface area contributed by atoms with Gasteiger partial charge in [-0.25, -0.2) is 0 Å². The summed E-state index contributed by atoms with van der Waals surface area (Å²) in [4.78, 5) is 10.5. The Morgan fingerprint density at radius 2 is 2.25 bits per heavy atom. The Labute approximate surface area is 79.9 Å². The van der Waals surface area contributed by atoms with Crippen molar-refractivity contribution in [3.05, 3.63) is 40.2 Å². The SMILES string of the molecule is Cc1cc([CH]C(N)=O)ccc1Br. The van der Waals surface area contributed by atoms with Gasteiger partial charge < -0.3 is 5.73 Å². The minimum atomic E-state index is -0.420. The van der Waals surface area contributed by atoms with Gasteiger partial charge in [0.2, 0.25) is 5.91 Å². The molecule has 0 bridgehead atoms. The summed E-state index contributed by atoms with van der Waals surface area (Å²) in [5, 5.41) is 0. The lowest BCUT2D eigenvalue weighted by Gasteiger charge is -2.00. The van der Waals surface area contributed by atoms with E-state index in [2.05, 4.69) is 15.9 Å². The van der Waals surface area contributed by atoms with Gasteiger partial charge in [-0.15, -0.1) is 0 Å². The summed E-state index contributed by atoms with van der Waals surface area (Å²) >= 11 is 3.37. The number of primary amides is 1. The quantitative estimate of drug-likeness (QED) is 0.822. The monoisotopic (exact) mass is 226 g/mol. The summed E-state index contributed by atoms with van der Waals surface area (Å²) in [7, 11) is 0. The van der Waals surface area contributed by atoms with E-state index < -0.39 is 5.91 Å². The Balaban J connectivity index is 2.89. The summed E-state index contributed by atoms with van der Waals surface area (Å²) in [6.07, 6.45) is 1.40. The third-order valence-electron chi connectivity index (χ3n) is 1.49. The molecule has 0 heterocycles. The van der Waals surface area contributed by atoms with Crippen molar-refractivity contribution in [3.8, 4) is 0 Å². The lowest BCUT2D eigenvalue weighted by Crippen LogP contribution is -2.11. The van der Waals surface area contributed by atoms with Gasteiger partial charge >= 0.3 is 0 Å². The Hall–Kier alpha value is -0.830. The summed E-state index contributed by atoms with van der Waals surface area (Å²) < 4.78 is 1.03. The first-order chi connectivity index (χ1) is 5.59. The van der Waals surface area contributed by atoms with Gasteiger partial charge in [0.05, 0.1) is 6.42 Å². The number of rotatable bonds is 2. The van der Waals surface area contributed by atoms with Crippen molar-refractivity contribution in [1.29, 1.82) is 0 Å². The van der Waals surface area contributed by atoms with Crippen LogP contribution in [0.4, 0.5) is 0 Å². The van der Waals surface area contributed by atoms with Gasteiger partial charge in [0.15, 0.2) is 0 Å². The molecule has 1 aromatic rings.